The smallest absolute Gasteiger partial charge is 0.412 e. The van der Waals surface area contributed by atoms with Gasteiger partial charge in [0.1, 0.15) is 0 Å². The van der Waals surface area contributed by atoms with Gasteiger partial charge in [-0.05, 0) is 81.5 Å². The van der Waals surface area contributed by atoms with Crippen LogP contribution >= 0.6 is 0 Å². The molecule has 2 atom stereocenters. The predicted molar refractivity (Wildman–Crippen MR) is 213 cm³/mol. The zero-order valence-electron chi connectivity index (χ0n) is 32.1. The summed E-state index contributed by atoms with van der Waals surface area (Å²) in [6.45, 7) is 15.4. The maximum Gasteiger partial charge on any atom is 0.412 e. The molecule has 0 bridgehead atoms. The third kappa shape index (κ3) is 9.18. The molecule has 0 N–H and O–H groups in total. The van der Waals surface area contributed by atoms with E-state index in [2.05, 4.69) is 77.9 Å². The lowest BCUT2D eigenvalue weighted by molar-refractivity contribution is -0.0924. The second-order valence-electron chi connectivity index (χ2n) is 15.9. The van der Waals surface area contributed by atoms with Crippen molar-refractivity contribution in [2.24, 2.45) is 0 Å². The van der Waals surface area contributed by atoms with E-state index in [-0.39, 0.29) is 12.8 Å². The average molecular weight is 767 g/mol. The van der Waals surface area contributed by atoms with Crippen LogP contribution in [0.3, 0.4) is 0 Å². The van der Waals surface area contributed by atoms with Gasteiger partial charge in [-0.3, -0.25) is 0 Å². The third-order valence-corrected chi connectivity index (χ3v) is 21.7. The van der Waals surface area contributed by atoms with E-state index in [0.717, 1.165) is 45.7 Å². The topological polar surface area (TPSA) is 9.23 Å². The minimum atomic E-state index is -4.39. The molecule has 0 amide bonds. The Labute approximate surface area is 314 Å². The molecule has 0 saturated heterocycles. The van der Waals surface area contributed by atoms with Crippen molar-refractivity contribution in [3.05, 3.63) is 144 Å². The lowest BCUT2D eigenvalue weighted by Crippen LogP contribution is -2.78. The minimum Gasteiger partial charge on any atom is -0.441 e. The quantitative estimate of drug-likeness (QED) is 0.0793. The van der Waals surface area contributed by atoms with Crippen molar-refractivity contribution in [3.8, 4) is 0 Å². The van der Waals surface area contributed by atoms with Gasteiger partial charge in [0.05, 0.1) is 0 Å². The van der Waals surface area contributed by atoms with E-state index in [1.807, 2.05) is 72.8 Å². The van der Waals surface area contributed by atoms with Crippen molar-refractivity contribution in [1.82, 2.24) is 0 Å². The lowest BCUT2D eigenvalue weighted by Gasteiger charge is -2.54. The van der Waals surface area contributed by atoms with Gasteiger partial charge in [0.25, 0.3) is 16.6 Å². The molecule has 9 heteroatoms. The second-order valence-corrected chi connectivity index (χ2v) is 24.6. The highest BCUT2D eigenvalue weighted by Gasteiger charge is 2.61. The predicted octanol–water partition coefficient (Wildman–Crippen LogP) is 11.0. The molecule has 0 spiro atoms. The molecule has 0 radical (unpaired) electrons. The number of halogens is 6. The van der Waals surface area contributed by atoms with E-state index in [4.69, 9.17) is 4.12 Å². The molecule has 1 nitrogen and oxygen atoms in total. The molecule has 0 heterocycles. The Bertz CT molecular complexity index is 1730. The first-order chi connectivity index (χ1) is 24.7. The molecule has 0 saturated carbocycles. The molecule has 0 fully saturated rings. The molecule has 4 rings (SSSR count). The first kappa shape index (κ1) is 42.1. The summed E-state index contributed by atoms with van der Waals surface area (Å²) in [5.41, 5.74) is 0.646. The molecule has 4 aromatic rings. The van der Waals surface area contributed by atoms with Crippen LogP contribution in [0.15, 0.2) is 132 Å². The van der Waals surface area contributed by atoms with Crippen LogP contribution < -0.4 is 20.7 Å². The van der Waals surface area contributed by atoms with Crippen molar-refractivity contribution < 1.29 is 30.5 Å². The highest BCUT2D eigenvalue weighted by atomic mass is 28.4. The maximum absolute atomic E-state index is 13.5. The zero-order valence-corrected chi connectivity index (χ0v) is 34.1. The van der Waals surface area contributed by atoms with Gasteiger partial charge in [-0.25, -0.2) is 0 Å². The van der Waals surface area contributed by atoms with Crippen LogP contribution in [0.1, 0.15) is 79.4 Å². The van der Waals surface area contributed by atoms with Gasteiger partial charge in [0.15, 0.2) is 0 Å². The fraction of sp³-hybridized carbons (Fsp3) is 0.364. The molecule has 284 valence electrons. The minimum absolute atomic E-state index is 0.208. The Hall–Kier alpha value is -3.67. The highest BCUT2D eigenvalue weighted by Crippen LogP contribution is 2.45. The largest absolute Gasteiger partial charge is 0.441 e. The average Bonchev–Trinajstić information content (AvgIpc) is 3.08. The normalized spacial score (nSPS) is 15.9. The van der Waals surface area contributed by atoms with E-state index in [1.165, 1.54) is 12.2 Å². The molecule has 0 aliphatic rings. The summed E-state index contributed by atoms with van der Waals surface area (Å²) in [5, 5.41) is 3.13. The number of alkyl halides is 6. The Morgan fingerprint density at radius 1 is 0.491 bits per heavy atom. The summed E-state index contributed by atoms with van der Waals surface area (Å²) in [7, 11) is -6.91. The molecule has 2 unspecified atom stereocenters. The monoisotopic (exact) mass is 766 g/mol. The van der Waals surface area contributed by atoms with Crippen LogP contribution in [0, 0.1) is 0 Å². The van der Waals surface area contributed by atoms with E-state index in [1.54, 1.807) is 0 Å². The number of allylic oxidation sites excluding steroid dienone is 4. The second kappa shape index (κ2) is 16.4. The Kier molecular flexibility index (Phi) is 13.0. The van der Waals surface area contributed by atoms with Gasteiger partial charge in [0, 0.05) is 11.1 Å². The summed E-state index contributed by atoms with van der Waals surface area (Å²) >= 11 is 0. The maximum atomic E-state index is 13.5. The van der Waals surface area contributed by atoms with Gasteiger partial charge >= 0.3 is 12.4 Å². The number of benzene rings is 4. The van der Waals surface area contributed by atoms with E-state index in [0.29, 0.717) is 12.8 Å². The molecule has 53 heavy (non-hydrogen) atoms. The number of aryl methyl sites for hydroxylation is 2. The van der Waals surface area contributed by atoms with Crippen molar-refractivity contribution in [1.29, 1.82) is 0 Å². The van der Waals surface area contributed by atoms with Gasteiger partial charge in [0.2, 0.25) is 0 Å². The Balaban J connectivity index is 2.10. The van der Waals surface area contributed by atoms with Gasteiger partial charge < -0.3 is 4.12 Å². The van der Waals surface area contributed by atoms with Crippen LogP contribution in [-0.4, -0.2) is 29.0 Å². The standard InChI is InChI=1S/C44H52F6OSi2/c1-33(43(45,46)47)21-19-25-35-23-15-17-31-39(35)52(41(3,4)5,37-27-11-9-12-28-37)51-53(42(6,7)8,38-29-13-10-14-30-38)40-32-18-16-24-36(40)26-20-22-34(2)44(48,49)50/h9-18,21-24,27-32H,19-20,25-26H2,1-8H3/b33-21-,34-22-. The van der Waals surface area contributed by atoms with E-state index >= 15 is 0 Å². The van der Waals surface area contributed by atoms with Crippen molar-refractivity contribution >= 4 is 37.4 Å². The molecule has 0 aliphatic carbocycles. The van der Waals surface area contributed by atoms with Crippen molar-refractivity contribution in [3.63, 3.8) is 0 Å². The van der Waals surface area contributed by atoms with Gasteiger partial charge in [-0.1, -0.05) is 163 Å². The Morgan fingerprint density at radius 2 is 0.792 bits per heavy atom. The Morgan fingerprint density at radius 3 is 1.09 bits per heavy atom. The lowest BCUT2D eigenvalue weighted by atomic mass is 10.1. The van der Waals surface area contributed by atoms with Crippen LogP contribution in [0.2, 0.25) is 10.1 Å². The summed E-state index contributed by atoms with van der Waals surface area (Å²) in [6.07, 6.45) is -5.05. The van der Waals surface area contributed by atoms with Crippen molar-refractivity contribution in [2.75, 3.05) is 0 Å². The molecular formula is C44H52F6OSi2. The highest BCUT2D eigenvalue weighted by molar-refractivity contribution is 7.11. The summed E-state index contributed by atoms with van der Waals surface area (Å²) < 4.78 is 89.5. The first-order valence-electron chi connectivity index (χ1n) is 18.1. The van der Waals surface area contributed by atoms with Crippen LogP contribution in [0.5, 0.6) is 0 Å². The number of hydrogen-bond donors (Lipinski definition) is 0. The van der Waals surface area contributed by atoms with Crippen LogP contribution in [-0.2, 0) is 17.0 Å². The number of hydrogen-bond acceptors (Lipinski definition) is 1. The third-order valence-electron chi connectivity index (χ3n) is 10.2. The van der Waals surface area contributed by atoms with Crippen LogP contribution in [0.25, 0.3) is 0 Å². The van der Waals surface area contributed by atoms with Gasteiger partial charge in [-0.2, -0.15) is 26.3 Å². The molecule has 0 aliphatic heterocycles. The summed E-state index contributed by atoms with van der Waals surface area (Å²) in [6, 6.07) is 36.5. The number of rotatable bonds is 12. The van der Waals surface area contributed by atoms with E-state index in [9.17, 15) is 26.3 Å². The fourth-order valence-corrected chi connectivity index (χ4v) is 20.8. The van der Waals surface area contributed by atoms with Crippen LogP contribution in [0.4, 0.5) is 26.3 Å². The fourth-order valence-electron chi connectivity index (χ4n) is 7.38. The molecule has 4 aromatic carbocycles. The van der Waals surface area contributed by atoms with Gasteiger partial charge in [-0.15, -0.1) is 0 Å². The SMILES string of the molecule is C/C(=C/CCc1ccccc1[Si](O[Si](c1ccccc1)(c1ccccc1CC/C=C(/C)C(F)(F)F)C(C)(C)C)(c1ccccc1)C(C)(C)C)C(F)(F)F. The van der Waals surface area contributed by atoms with E-state index < -0.39 is 50.2 Å². The summed E-state index contributed by atoms with van der Waals surface area (Å²) in [5.74, 6) is 0. The first-order valence-corrected chi connectivity index (χ1v) is 21.9. The summed E-state index contributed by atoms with van der Waals surface area (Å²) in [4.78, 5) is 0. The zero-order chi connectivity index (χ0) is 39.3. The van der Waals surface area contributed by atoms with Crippen molar-refractivity contribution in [2.45, 2.75) is 104 Å². The molecular weight excluding hydrogens is 715 g/mol. The molecule has 0 aromatic heterocycles.